The number of phosphoric ester groups is 2. The van der Waals surface area contributed by atoms with Gasteiger partial charge >= 0.3 is 39.5 Å². The molecular formula is C77H150O17P2. The van der Waals surface area contributed by atoms with Crippen LogP contribution in [0.15, 0.2) is 0 Å². The molecule has 96 heavy (non-hydrogen) atoms. The van der Waals surface area contributed by atoms with Gasteiger partial charge in [0.05, 0.1) is 26.4 Å². The van der Waals surface area contributed by atoms with Gasteiger partial charge in [-0.05, 0) is 37.5 Å². The monoisotopic (exact) mass is 1410 g/mol. The van der Waals surface area contributed by atoms with Crippen LogP contribution in [0, 0.1) is 11.8 Å². The average Bonchev–Trinajstić information content (AvgIpc) is 1.61. The van der Waals surface area contributed by atoms with Crippen LogP contribution in [0.1, 0.15) is 401 Å². The Morgan fingerprint density at radius 3 is 0.792 bits per heavy atom. The molecule has 0 saturated carbocycles. The molecule has 0 heterocycles. The first kappa shape index (κ1) is 94.1. The van der Waals surface area contributed by atoms with Crippen molar-refractivity contribution in [2.24, 2.45) is 11.8 Å². The quantitative estimate of drug-likeness (QED) is 0.0222. The van der Waals surface area contributed by atoms with Crippen molar-refractivity contribution < 1.29 is 80.2 Å². The van der Waals surface area contributed by atoms with Crippen molar-refractivity contribution in [1.82, 2.24) is 0 Å². The Hall–Kier alpha value is -1.94. The van der Waals surface area contributed by atoms with Crippen LogP contribution in [0.3, 0.4) is 0 Å². The van der Waals surface area contributed by atoms with Crippen LogP contribution in [-0.4, -0.2) is 96.7 Å². The van der Waals surface area contributed by atoms with Crippen molar-refractivity contribution in [2.45, 2.75) is 419 Å². The van der Waals surface area contributed by atoms with Gasteiger partial charge in [0, 0.05) is 25.7 Å². The minimum atomic E-state index is -4.96. The lowest BCUT2D eigenvalue weighted by Crippen LogP contribution is -2.30. The number of phosphoric acid groups is 2. The molecule has 19 heteroatoms. The zero-order chi connectivity index (χ0) is 70.7. The molecule has 0 spiro atoms. The molecule has 0 radical (unpaired) electrons. The van der Waals surface area contributed by atoms with Gasteiger partial charge in [-0.1, -0.05) is 350 Å². The second-order valence-electron chi connectivity index (χ2n) is 28.5. The molecule has 0 aromatic heterocycles. The smallest absolute Gasteiger partial charge is 0.462 e. The Morgan fingerprint density at radius 2 is 0.531 bits per heavy atom. The van der Waals surface area contributed by atoms with E-state index in [9.17, 15) is 43.2 Å². The van der Waals surface area contributed by atoms with Gasteiger partial charge in [-0.3, -0.25) is 37.3 Å². The van der Waals surface area contributed by atoms with Crippen LogP contribution < -0.4 is 0 Å². The summed E-state index contributed by atoms with van der Waals surface area (Å²) in [4.78, 5) is 72.6. The summed E-state index contributed by atoms with van der Waals surface area (Å²) in [6, 6.07) is 0. The average molecular weight is 1410 g/mol. The molecule has 0 aromatic rings. The highest BCUT2D eigenvalue weighted by Gasteiger charge is 2.30. The van der Waals surface area contributed by atoms with Crippen LogP contribution in [-0.2, 0) is 65.4 Å². The van der Waals surface area contributed by atoms with E-state index in [1.165, 1.54) is 205 Å². The number of carbonyl (C=O) groups excluding carboxylic acids is 4. The Labute approximate surface area is 588 Å². The molecular weight excluding hydrogens is 1260 g/mol. The van der Waals surface area contributed by atoms with Gasteiger partial charge in [-0.25, -0.2) is 9.13 Å². The molecule has 0 rings (SSSR count). The summed E-state index contributed by atoms with van der Waals surface area (Å²) >= 11 is 0. The van der Waals surface area contributed by atoms with Crippen LogP contribution in [0.25, 0.3) is 0 Å². The summed E-state index contributed by atoms with van der Waals surface area (Å²) in [5.74, 6) is -0.457. The zero-order valence-electron chi connectivity index (χ0n) is 62.7. The standard InChI is InChI=1S/C77H150O17P2/c1-7-10-12-14-16-17-29-37-43-49-55-61-76(81)93-72(65-87-74(79)59-53-47-39-15-13-11-8-2)67-91-95(83,84)89-63-71(78)64-90-96(85,86)92-68-73(66-88-75(80)60-54-48-42-36-32-28-24-25-30-34-40-45-51-57-69(4)5)94-77(82)62-56-50-44-38-33-27-23-21-19-18-20-22-26-31-35-41-46-52-58-70(6)9-3/h69-73,78H,7-68H2,1-6H3,(H,83,84)(H,85,86)/t70?,71-,72+,73+/m0/s1. The fraction of sp³-hybridized carbons (Fsp3) is 0.948. The largest absolute Gasteiger partial charge is 0.472 e. The Morgan fingerprint density at radius 1 is 0.302 bits per heavy atom. The number of unbranched alkanes of at least 4 members (excludes halogenated alkanes) is 45. The van der Waals surface area contributed by atoms with Crippen molar-refractivity contribution in [3.63, 3.8) is 0 Å². The molecule has 6 atom stereocenters. The van der Waals surface area contributed by atoms with Gasteiger partial charge in [-0.15, -0.1) is 0 Å². The third-order valence-corrected chi connectivity index (χ3v) is 20.2. The number of ether oxygens (including phenoxy) is 4. The summed E-state index contributed by atoms with van der Waals surface area (Å²) in [6.07, 6.45) is 57.0. The highest BCUT2D eigenvalue weighted by Crippen LogP contribution is 2.45. The molecule has 0 fully saturated rings. The third kappa shape index (κ3) is 69.2. The third-order valence-electron chi connectivity index (χ3n) is 18.3. The van der Waals surface area contributed by atoms with E-state index < -0.39 is 97.5 Å². The van der Waals surface area contributed by atoms with Gasteiger partial charge < -0.3 is 33.8 Å². The number of aliphatic hydroxyl groups excluding tert-OH is 1. The topological polar surface area (TPSA) is 237 Å². The van der Waals surface area contributed by atoms with Crippen molar-refractivity contribution in [3.8, 4) is 0 Å². The van der Waals surface area contributed by atoms with Gasteiger partial charge in [0.15, 0.2) is 12.2 Å². The van der Waals surface area contributed by atoms with E-state index in [0.29, 0.717) is 25.7 Å². The number of rotatable bonds is 76. The number of aliphatic hydroxyl groups is 1. The van der Waals surface area contributed by atoms with E-state index in [1.54, 1.807) is 0 Å². The second kappa shape index (κ2) is 68.8. The zero-order valence-corrected chi connectivity index (χ0v) is 64.5. The molecule has 0 aromatic carbocycles. The predicted octanol–water partition coefficient (Wildman–Crippen LogP) is 22.7. The van der Waals surface area contributed by atoms with E-state index in [1.807, 2.05) is 0 Å². The minimum Gasteiger partial charge on any atom is -0.462 e. The number of hydrogen-bond donors (Lipinski definition) is 3. The lowest BCUT2D eigenvalue weighted by Gasteiger charge is -2.21. The van der Waals surface area contributed by atoms with Gasteiger partial charge in [0.25, 0.3) is 0 Å². The first-order valence-corrected chi connectivity index (χ1v) is 43.0. The van der Waals surface area contributed by atoms with E-state index in [0.717, 1.165) is 115 Å². The molecule has 0 aliphatic heterocycles. The van der Waals surface area contributed by atoms with Crippen molar-refractivity contribution >= 4 is 39.5 Å². The molecule has 3 unspecified atom stereocenters. The Kier molecular flexibility index (Phi) is 67.4. The summed E-state index contributed by atoms with van der Waals surface area (Å²) in [7, 11) is -9.90. The minimum absolute atomic E-state index is 0.107. The van der Waals surface area contributed by atoms with E-state index in [2.05, 4.69) is 41.5 Å². The fourth-order valence-corrected chi connectivity index (χ4v) is 13.4. The first-order valence-electron chi connectivity index (χ1n) is 40.0. The summed E-state index contributed by atoms with van der Waals surface area (Å²) < 4.78 is 68.4. The second-order valence-corrected chi connectivity index (χ2v) is 31.4. The number of hydrogen-bond acceptors (Lipinski definition) is 15. The number of carbonyl (C=O) groups is 4. The SMILES string of the molecule is CCCCCCCCCCCCCC(=O)O[C@H](COC(=O)CCCCCCCCC)COP(=O)(O)OC[C@H](O)COP(=O)(O)OC[C@@H](COC(=O)CCCCCCCCCCCCCCCC(C)C)OC(=O)CCCCCCCCCCCCCCCCCCCCC(C)CC. The first-order chi connectivity index (χ1) is 46.4. The number of esters is 4. The van der Waals surface area contributed by atoms with Crippen molar-refractivity contribution in [1.29, 1.82) is 0 Å². The highest BCUT2D eigenvalue weighted by atomic mass is 31.2. The Balaban J connectivity index is 5.15. The lowest BCUT2D eigenvalue weighted by atomic mass is 9.99. The van der Waals surface area contributed by atoms with Crippen LogP contribution in [0.2, 0.25) is 0 Å². The maximum absolute atomic E-state index is 13.1. The summed E-state index contributed by atoms with van der Waals surface area (Å²) in [5.41, 5.74) is 0. The molecule has 0 saturated heterocycles. The van der Waals surface area contributed by atoms with Gasteiger partial charge in [-0.2, -0.15) is 0 Å². The van der Waals surface area contributed by atoms with Crippen molar-refractivity contribution in [2.75, 3.05) is 39.6 Å². The molecule has 0 amide bonds. The maximum atomic E-state index is 13.1. The van der Waals surface area contributed by atoms with Gasteiger partial charge in [0.1, 0.15) is 19.3 Å². The van der Waals surface area contributed by atoms with Crippen LogP contribution >= 0.6 is 15.6 Å². The van der Waals surface area contributed by atoms with E-state index in [4.69, 9.17) is 37.0 Å². The lowest BCUT2D eigenvalue weighted by molar-refractivity contribution is -0.161. The summed E-state index contributed by atoms with van der Waals surface area (Å²) in [5, 5.41) is 10.6. The predicted molar refractivity (Wildman–Crippen MR) is 391 cm³/mol. The molecule has 0 aliphatic rings. The van der Waals surface area contributed by atoms with Gasteiger partial charge in [0.2, 0.25) is 0 Å². The molecule has 3 N–H and O–H groups in total. The van der Waals surface area contributed by atoms with Crippen LogP contribution in [0.4, 0.5) is 0 Å². The van der Waals surface area contributed by atoms with E-state index in [-0.39, 0.29) is 25.7 Å². The maximum Gasteiger partial charge on any atom is 0.472 e. The highest BCUT2D eigenvalue weighted by molar-refractivity contribution is 7.47. The Bertz CT molecular complexity index is 1860. The normalized spacial score (nSPS) is 14.3. The molecule has 0 aliphatic carbocycles. The molecule has 570 valence electrons. The fourth-order valence-electron chi connectivity index (χ4n) is 11.8. The van der Waals surface area contributed by atoms with Crippen LogP contribution in [0.5, 0.6) is 0 Å². The van der Waals surface area contributed by atoms with E-state index >= 15 is 0 Å². The van der Waals surface area contributed by atoms with Crippen molar-refractivity contribution in [3.05, 3.63) is 0 Å². The molecule has 0 bridgehead atoms. The summed E-state index contributed by atoms with van der Waals surface area (Å²) in [6.45, 7) is 9.64. The molecule has 17 nitrogen and oxygen atoms in total.